The Hall–Kier alpha value is -3.12. The zero-order valence-corrected chi connectivity index (χ0v) is 14.6. The summed E-state index contributed by atoms with van der Waals surface area (Å²) in [5, 5.41) is 13.3. The molecule has 0 atom stereocenters. The van der Waals surface area contributed by atoms with Gasteiger partial charge in [0.25, 0.3) is 11.5 Å². The third kappa shape index (κ3) is 3.19. The fourth-order valence-electron chi connectivity index (χ4n) is 3.07. The number of rotatable bonds is 5. The molecule has 2 aromatic carbocycles. The fraction of sp³-hybridized carbons (Fsp3) is 0.200. The number of ether oxygens (including phenoxy) is 1. The average Bonchev–Trinajstić information content (AvgIpc) is 2.66. The Bertz CT molecular complexity index is 1010. The first kappa shape index (κ1) is 17.7. The molecule has 0 spiro atoms. The molecule has 0 saturated carbocycles. The van der Waals surface area contributed by atoms with E-state index >= 15 is 0 Å². The van der Waals surface area contributed by atoms with Gasteiger partial charge in [-0.2, -0.15) is 0 Å². The number of aliphatic hydroxyl groups excluding tert-OH is 1. The van der Waals surface area contributed by atoms with Gasteiger partial charge in [0.15, 0.2) is 0 Å². The number of amides is 1. The lowest BCUT2D eigenvalue weighted by Gasteiger charge is -2.13. The van der Waals surface area contributed by atoms with Crippen LogP contribution in [0.25, 0.3) is 10.9 Å². The zero-order chi connectivity index (χ0) is 18.7. The summed E-state index contributed by atoms with van der Waals surface area (Å²) in [5.41, 5.74) is 1.84. The van der Waals surface area contributed by atoms with Gasteiger partial charge in [0.05, 0.1) is 13.7 Å². The highest BCUT2D eigenvalue weighted by atomic mass is 16.5. The molecule has 1 aromatic heterocycles. The molecule has 26 heavy (non-hydrogen) atoms. The molecule has 0 aliphatic heterocycles. The molecular weight excluding hydrogens is 332 g/mol. The van der Waals surface area contributed by atoms with Gasteiger partial charge in [0.2, 0.25) is 0 Å². The van der Waals surface area contributed by atoms with Crippen molar-refractivity contribution in [2.24, 2.45) is 0 Å². The normalized spacial score (nSPS) is 10.7. The van der Waals surface area contributed by atoms with E-state index in [9.17, 15) is 14.7 Å². The van der Waals surface area contributed by atoms with Crippen LogP contribution >= 0.6 is 0 Å². The maximum atomic E-state index is 12.7. The number of hydrogen-bond acceptors (Lipinski definition) is 4. The van der Waals surface area contributed by atoms with Gasteiger partial charge in [-0.05, 0) is 42.3 Å². The summed E-state index contributed by atoms with van der Waals surface area (Å²) in [4.78, 5) is 28.0. The predicted octanol–water partition coefficient (Wildman–Crippen LogP) is 2.84. The number of aromatic nitrogens is 1. The second-order valence-corrected chi connectivity index (χ2v) is 5.84. The minimum Gasteiger partial charge on any atom is -0.497 e. The second kappa shape index (κ2) is 7.41. The number of pyridine rings is 1. The largest absolute Gasteiger partial charge is 0.497 e. The van der Waals surface area contributed by atoms with Gasteiger partial charge in [-0.25, -0.2) is 0 Å². The van der Waals surface area contributed by atoms with E-state index in [4.69, 9.17) is 4.74 Å². The average molecular weight is 352 g/mol. The van der Waals surface area contributed by atoms with E-state index in [0.29, 0.717) is 22.5 Å². The van der Waals surface area contributed by atoms with Crippen LogP contribution in [0.15, 0.2) is 47.3 Å². The van der Waals surface area contributed by atoms with E-state index < -0.39 is 18.1 Å². The minimum atomic E-state index is -0.562. The van der Waals surface area contributed by atoms with Gasteiger partial charge in [0.1, 0.15) is 11.3 Å². The Kier molecular flexibility index (Phi) is 5.04. The SMILES string of the molecule is CCc1cccc2[nH]c(=O)c(C(=O)Nc3ccc(OC)cc3)c(CO)c12. The first-order chi connectivity index (χ1) is 12.6. The number of aromatic amines is 1. The molecule has 134 valence electrons. The molecule has 3 aromatic rings. The molecule has 6 nitrogen and oxygen atoms in total. The van der Waals surface area contributed by atoms with Gasteiger partial charge < -0.3 is 20.1 Å². The van der Waals surface area contributed by atoms with Gasteiger partial charge in [-0.15, -0.1) is 0 Å². The predicted molar refractivity (Wildman–Crippen MR) is 101 cm³/mol. The number of anilines is 1. The summed E-state index contributed by atoms with van der Waals surface area (Å²) in [7, 11) is 1.56. The van der Waals surface area contributed by atoms with Crippen LogP contribution in [0, 0.1) is 0 Å². The Morgan fingerprint density at radius 2 is 1.92 bits per heavy atom. The van der Waals surface area contributed by atoms with Gasteiger partial charge in [-0.1, -0.05) is 19.1 Å². The topological polar surface area (TPSA) is 91.4 Å². The van der Waals surface area contributed by atoms with Crippen molar-refractivity contribution in [2.75, 3.05) is 12.4 Å². The molecule has 0 bridgehead atoms. The second-order valence-electron chi connectivity index (χ2n) is 5.84. The lowest BCUT2D eigenvalue weighted by molar-refractivity contribution is 0.102. The summed E-state index contributed by atoms with van der Waals surface area (Å²) in [6.07, 6.45) is 0.718. The first-order valence-electron chi connectivity index (χ1n) is 8.32. The lowest BCUT2D eigenvalue weighted by Crippen LogP contribution is -2.26. The van der Waals surface area contributed by atoms with Crippen LogP contribution in [0.3, 0.4) is 0 Å². The van der Waals surface area contributed by atoms with E-state index in [1.165, 1.54) is 0 Å². The van der Waals surface area contributed by atoms with Crippen molar-refractivity contribution in [3.05, 3.63) is 69.5 Å². The van der Waals surface area contributed by atoms with Crippen molar-refractivity contribution in [1.29, 1.82) is 0 Å². The molecule has 6 heteroatoms. The molecular formula is C20H20N2O4. The first-order valence-corrected chi connectivity index (χ1v) is 8.32. The highest BCUT2D eigenvalue weighted by Crippen LogP contribution is 2.24. The summed E-state index contributed by atoms with van der Waals surface area (Å²) < 4.78 is 5.09. The highest BCUT2D eigenvalue weighted by molar-refractivity contribution is 6.07. The Morgan fingerprint density at radius 1 is 1.19 bits per heavy atom. The summed E-state index contributed by atoms with van der Waals surface area (Å²) >= 11 is 0. The van der Waals surface area contributed by atoms with Crippen molar-refractivity contribution < 1.29 is 14.6 Å². The molecule has 3 rings (SSSR count). The molecule has 1 amide bonds. The Balaban J connectivity index is 2.09. The van der Waals surface area contributed by atoms with Gasteiger partial charge in [0, 0.05) is 22.2 Å². The molecule has 3 N–H and O–H groups in total. The molecule has 0 fully saturated rings. The van der Waals surface area contributed by atoms with Crippen molar-refractivity contribution >= 4 is 22.5 Å². The van der Waals surface area contributed by atoms with Gasteiger partial charge >= 0.3 is 0 Å². The van der Waals surface area contributed by atoms with Crippen LogP contribution in [0.1, 0.15) is 28.4 Å². The third-order valence-corrected chi connectivity index (χ3v) is 4.34. The number of fused-ring (bicyclic) bond motifs is 1. The van der Waals surface area contributed by atoms with Crippen LogP contribution in [-0.2, 0) is 13.0 Å². The van der Waals surface area contributed by atoms with Crippen LogP contribution in [-0.4, -0.2) is 23.1 Å². The molecule has 1 heterocycles. The minimum absolute atomic E-state index is 0.0725. The van der Waals surface area contributed by atoms with Crippen LogP contribution in [0.5, 0.6) is 5.75 Å². The van der Waals surface area contributed by atoms with E-state index in [2.05, 4.69) is 10.3 Å². The molecule has 0 aliphatic rings. The van der Waals surface area contributed by atoms with Crippen LogP contribution in [0.2, 0.25) is 0 Å². The number of hydrogen-bond donors (Lipinski definition) is 3. The maximum Gasteiger partial charge on any atom is 0.261 e. The van der Waals surface area contributed by atoms with E-state index in [1.807, 2.05) is 19.1 Å². The number of aryl methyl sites for hydroxylation is 1. The number of carbonyl (C=O) groups is 1. The van der Waals surface area contributed by atoms with E-state index in [0.717, 1.165) is 17.4 Å². The summed E-state index contributed by atoms with van der Waals surface area (Å²) in [6.45, 7) is 1.58. The number of benzene rings is 2. The van der Waals surface area contributed by atoms with Crippen molar-refractivity contribution in [3.63, 3.8) is 0 Å². The zero-order valence-electron chi connectivity index (χ0n) is 14.6. The standard InChI is InChI=1S/C20H20N2O4/c1-3-12-5-4-6-16-17(12)15(11-23)18(20(25)22-16)19(24)21-13-7-9-14(26-2)10-8-13/h4-10,23H,3,11H2,1-2H3,(H,21,24)(H,22,25). The summed E-state index contributed by atoms with van der Waals surface area (Å²) in [6, 6.07) is 12.3. The smallest absolute Gasteiger partial charge is 0.261 e. The number of nitrogens with one attached hydrogen (secondary N) is 2. The Labute approximate surface area is 150 Å². The quantitative estimate of drug-likeness (QED) is 0.658. The molecule has 0 aliphatic carbocycles. The fourth-order valence-corrected chi connectivity index (χ4v) is 3.07. The van der Waals surface area contributed by atoms with Crippen LogP contribution in [0.4, 0.5) is 5.69 Å². The Morgan fingerprint density at radius 3 is 2.54 bits per heavy atom. The third-order valence-electron chi connectivity index (χ3n) is 4.34. The molecule has 0 unspecified atom stereocenters. The van der Waals surface area contributed by atoms with E-state index in [-0.39, 0.29) is 5.56 Å². The number of methoxy groups -OCH3 is 1. The maximum absolute atomic E-state index is 12.7. The number of aliphatic hydroxyl groups is 1. The lowest BCUT2D eigenvalue weighted by atomic mass is 9.97. The van der Waals surface area contributed by atoms with E-state index in [1.54, 1.807) is 37.4 Å². The molecule has 0 radical (unpaired) electrons. The number of carbonyl (C=O) groups excluding carboxylic acids is 1. The van der Waals surface area contributed by atoms with Crippen molar-refractivity contribution in [3.8, 4) is 5.75 Å². The van der Waals surface area contributed by atoms with Crippen molar-refractivity contribution in [1.82, 2.24) is 4.98 Å². The highest BCUT2D eigenvalue weighted by Gasteiger charge is 2.20. The molecule has 0 saturated heterocycles. The van der Waals surface area contributed by atoms with Crippen molar-refractivity contribution in [2.45, 2.75) is 20.0 Å². The number of H-pyrrole nitrogens is 1. The summed E-state index contributed by atoms with van der Waals surface area (Å²) in [5.74, 6) is 0.100. The monoisotopic (exact) mass is 352 g/mol. The van der Waals surface area contributed by atoms with Gasteiger partial charge in [-0.3, -0.25) is 9.59 Å². The van der Waals surface area contributed by atoms with Crippen LogP contribution < -0.4 is 15.6 Å².